The molecule has 3 heteroatoms. The van der Waals surface area contributed by atoms with Crippen LogP contribution in [0.15, 0.2) is 0 Å². The van der Waals surface area contributed by atoms with Gasteiger partial charge in [-0.1, -0.05) is 13.8 Å². The maximum atomic E-state index is 11.1. The summed E-state index contributed by atoms with van der Waals surface area (Å²) in [5, 5.41) is 9.20. The average Bonchev–Trinajstić information content (AvgIpc) is 1.99. The summed E-state index contributed by atoms with van der Waals surface area (Å²) < 4.78 is 38.4. The molecule has 1 N–H and O–H groups in total. The van der Waals surface area contributed by atoms with Gasteiger partial charge in [-0.05, 0) is 12.8 Å². The highest BCUT2D eigenvalue weighted by atomic mass is 16.5. The molecule has 0 unspecified atom stereocenters. The summed E-state index contributed by atoms with van der Waals surface area (Å²) in [6, 6.07) is 0. The number of rotatable bonds is 3. The predicted molar refractivity (Wildman–Crippen MR) is 37.5 cm³/mol. The lowest BCUT2D eigenvalue weighted by Crippen LogP contribution is -2.27. The third-order valence-corrected chi connectivity index (χ3v) is 1.02. The minimum absolute atomic E-state index is 0.468. The number of aliphatic hydroxyl groups excluding tert-OH is 1. The van der Waals surface area contributed by atoms with E-state index in [2.05, 4.69) is 4.74 Å². The highest BCUT2D eigenvalue weighted by Gasteiger charge is 2.19. The molecule has 0 aliphatic carbocycles. The van der Waals surface area contributed by atoms with Gasteiger partial charge >= 0.3 is 5.97 Å². The summed E-state index contributed by atoms with van der Waals surface area (Å²) in [4.78, 5) is 11.1. The maximum Gasteiger partial charge on any atom is 0.335 e. The lowest BCUT2D eigenvalue weighted by molar-refractivity contribution is -0.155. The van der Waals surface area contributed by atoms with Gasteiger partial charge < -0.3 is 9.84 Å². The van der Waals surface area contributed by atoms with Crippen LogP contribution < -0.4 is 0 Å². The molecule has 0 rings (SSSR count). The number of aliphatic hydroxyl groups is 1. The summed E-state index contributed by atoms with van der Waals surface area (Å²) in [6.07, 6.45) is -1.53. The minimum atomic E-state index is -3.08. The molecule has 0 saturated carbocycles. The molecule has 0 bridgehead atoms. The Balaban J connectivity index is 4.55. The number of carbonyl (C=O) groups is 1. The van der Waals surface area contributed by atoms with Crippen LogP contribution in [0.5, 0.6) is 0 Å². The van der Waals surface area contributed by atoms with E-state index < -0.39 is 31.4 Å². The van der Waals surface area contributed by atoms with Gasteiger partial charge in [-0.15, -0.1) is 0 Å². The van der Waals surface area contributed by atoms with Crippen LogP contribution in [0.4, 0.5) is 0 Å². The molecule has 0 radical (unpaired) electrons. The molecular formula is C7H14O3. The van der Waals surface area contributed by atoms with Crippen molar-refractivity contribution in [2.24, 2.45) is 5.92 Å². The summed E-state index contributed by atoms with van der Waals surface area (Å²) >= 11 is 0. The van der Waals surface area contributed by atoms with Gasteiger partial charge in [-0.3, -0.25) is 0 Å². The van der Waals surface area contributed by atoms with Crippen LogP contribution >= 0.6 is 0 Å². The first kappa shape index (κ1) is 3.72. The summed E-state index contributed by atoms with van der Waals surface area (Å²) in [5.74, 6) is -1.74. The van der Waals surface area contributed by atoms with E-state index >= 15 is 0 Å². The molecule has 0 heterocycles. The molecule has 0 spiro atoms. The summed E-state index contributed by atoms with van der Waals surface area (Å²) in [6.45, 7) is -3.10. The molecule has 0 fully saturated rings. The van der Waals surface area contributed by atoms with E-state index in [9.17, 15) is 9.90 Å². The second-order valence-electron chi connectivity index (χ2n) is 2.21. The predicted octanol–water partition coefficient (Wildman–Crippen LogP) is 0.566. The fraction of sp³-hybridized carbons (Fsp3) is 0.857. The van der Waals surface area contributed by atoms with Crippen molar-refractivity contribution >= 4 is 5.97 Å². The van der Waals surface area contributed by atoms with E-state index in [4.69, 9.17) is 6.85 Å². The zero-order chi connectivity index (χ0) is 12.4. The van der Waals surface area contributed by atoms with Crippen LogP contribution in [0.3, 0.4) is 0 Å². The van der Waals surface area contributed by atoms with E-state index in [-0.39, 0.29) is 0 Å². The average molecular weight is 151 g/mol. The van der Waals surface area contributed by atoms with Gasteiger partial charge in [0, 0.05) is 4.11 Å². The first-order valence-corrected chi connectivity index (χ1v) is 2.90. The molecule has 0 saturated heterocycles. The Morgan fingerprint density at radius 1 is 1.90 bits per heavy atom. The van der Waals surface area contributed by atoms with Crippen LogP contribution in [-0.2, 0) is 9.53 Å². The van der Waals surface area contributed by atoms with Gasteiger partial charge in [0.05, 0.1) is 9.30 Å². The van der Waals surface area contributed by atoms with Gasteiger partial charge in [-0.2, -0.15) is 0 Å². The fourth-order valence-electron chi connectivity index (χ4n) is 0.383. The lowest BCUT2D eigenvalue weighted by atomic mass is 10.1. The van der Waals surface area contributed by atoms with Crippen molar-refractivity contribution in [1.82, 2.24) is 0 Å². The second-order valence-corrected chi connectivity index (χ2v) is 2.21. The zero-order valence-corrected chi connectivity index (χ0v) is 5.92. The Hall–Kier alpha value is -0.570. The topological polar surface area (TPSA) is 46.5 Å². The van der Waals surface area contributed by atoms with Gasteiger partial charge in [0.25, 0.3) is 0 Å². The van der Waals surface area contributed by atoms with Crippen molar-refractivity contribution in [2.45, 2.75) is 26.8 Å². The Morgan fingerprint density at radius 3 is 2.90 bits per heavy atom. The Morgan fingerprint density at radius 2 is 2.50 bits per heavy atom. The van der Waals surface area contributed by atoms with Crippen molar-refractivity contribution in [2.75, 3.05) is 6.56 Å². The Kier molecular flexibility index (Phi) is 1.59. The molecule has 0 aliphatic rings. The molecule has 60 valence electrons. The quantitative estimate of drug-likeness (QED) is 0.600. The van der Waals surface area contributed by atoms with Gasteiger partial charge in [0.15, 0.2) is 6.10 Å². The molecule has 0 aliphatic heterocycles. The molecule has 0 amide bonds. The van der Waals surface area contributed by atoms with Gasteiger partial charge in [0.2, 0.25) is 0 Å². The number of hydrogen-bond donors (Lipinski definition) is 1. The van der Waals surface area contributed by atoms with Gasteiger partial charge in [0.1, 0.15) is 0 Å². The second kappa shape index (κ2) is 4.28. The minimum Gasteiger partial charge on any atom is -0.464 e. The fourth-order valence-corrected chi connectivity index (χ4v) is 0.383. The van der Waals surface area contributed by atoms with Crippen molar-refractivity contribution < 1.29 is 21.5 Å². The number of hydrogen-bond acceptors (Lipinski definition) is 3. The lowest BCUT2D eigenvalue weighted by Gasteiger charge is -2.11. The van der Waals surface area contributed by atoms with E-state index in [1.54, 1.807) is 0 Å². The number of carbonyl (C=O) groups excluding carboxylic acids is 1. The summed E-state index contributed by atoms with van der Waals surface area (Å²) in [5.41, 5.74) is 0. The van der Waals surface area contributed by atoms with Crippen LogP contribution in [0.2, 0.25) is 0 Å². The third kappa shape index (κ3) is 2.82. The van der Waals surface area contributed by atoms with Crippen molar-refractivity contribution in [3.05, 3.63) is 0 Å². The molecule has 10 heavy (non-hydrogen) atoms. The monoisotopic (exact) mass is 151 g/mol. The normalized spacial score (nSPS) is 23.4. The maximum absolute atomic E-state index is 11.1. The van der Waals surface area contributed by atoms with Crippen molar-refractivity contribution in [3.63, 3.8) is 0 Å². The molecule has 0 aromatic carbocycles. The van der Waals surface area contributed by atoms with E-state index in [1.165, 1.54) is 13.8 Å². The molecular weight excluding hydrogens is 132 g/mol. The van der Waals surface area contributed by atoms with E-state index in [0.29, 0.717) is 0 Å². The van der Waals surface area contributed by atoms with Crippen LogP contribution in [0.25, 0.3) is 0 Å². The largest absolute Gasteiger partial charge is 0.464 e. The first-order chi connectivity index (χ1) is 6.49. The zero-order valence-electron chi connectivity index (χ0n) is 10.9. The van der Waals surface area contributed by atoms with Crippen LogP contribution in [-0.4, -0.2) is 23.7 Å². The third-order valence-electron chi connectivity index (χ3n) is 1.02. The molecule has 0 aromatic rings. The number of ether oxygens (including phenoxy) is 1. The van der Waals surface area contributed by atoms with Crippen LogP contribution in [0, 0.1) is 5.92 Å². The van der Waals surface area contributed by atoms with Crippen LogP contribution in [0.1, 0.15) is 27.6 Å². The summed E-state index contributed by atoms with van der Waals surface area (Å²) in [7, 11) is 0. The van der Waals surface area contributed by atoms with E-state index in [0.717, 1.165) is 0 Å². The highest BCUT2D eigenvalue weighted by Crippen LogP contribution is 2.02. The Bertz CT molecular complexity index is 235. The molecule has 1 atom stereocenters. The smallest absolute Gasteiger partial charge is 0.335 e. The van der Waals surface area contributed by atoms with E-state index in [1.807, 2.05) is 0 Å². The van der Waals surface area contributed by atoms with Crippen molar-refractivity contribution in [3.8, 4) is 0 Å². The first-order valence-electron chi connectivity index (χ1n) is 5.40. The van der Waals surface area contributed by atoms with Crippen molar-refractivity contribution in [1.29, 1.82) is 0 Å². The number of esters is 1. The highest BCUT2D eigenvalue weighted by molar-refractivity contribution is 5.74. The standard InChI is InChI=1S/C7H14O3/c1-4-10-7(9)6(8)5(2)3/h5-6,8H,4H2,1-3H3/t6-/m0/s1/i1D3,4D2. The Labute approximate surface area is 68.0 Å². The van der Waals surface area contributed by atoms with Gasteiger partial charge in [-0.25, -0.2) is 4.79 Å². The molecule has 3 nitrogen and oxygen atoms in total. The SMILES string of the molecule is [2H]C([2H])([2H])C([2H])([2H])OC(=O)[C@@H](O)C(C)C. The molecule has 0 aromatic heterocycles.